The van der Waals surface area contributed by atoms with Crippen molar-refractivity contribution in [3.63, 3.8) is 0 Å². The molecule has 3 rings (SSSR count). The fraction of sp³-hybridized carbons (Fsp3) is 0.556. The zero-order chi connectivity index (χ0) is 27.1. The van der Waals surface area contributed by atoms with E-state index in [1.54, 1.807) is 47.7 Å². The number of hydrogen-bond acceptors (Lipinski definition) is 6. The summed E-state index contributed by atoms with van der Waals surface area (Å²) in [6.45, 7) is 18.9. The van der Waals surface area contributed by atoms with Crippen LogP contribution in [0.2, 0.25) is 0 Å². The van der Waals surface area contributed by atoms with Crippen LogP contribution >= 0.6 is 0 Å². The number of anilines is 1. The topological polar surface area (TPSA) is 88.0 Å². The molecule has 0 radical (unpaired) electrons. The van der Waals surface area contributed by atoms with Crippen LogP contribution in [0.5, 0.6) is 0 Å². The Morgan fingerprint density at radius 2 is 1.58 bits per heavy atom. The lowest BCUT2D eigenvalue weighted by atomic mass is 9.89. The van der Waals surface area contributed by atoms with Gasteiger partial charge in [-0.2, -0.15) is 0 Å². The first-order valence-corrected chi connectivity index (χ1v) is 12.3. The van der Waals surface area contributed by atoms with Crippen molar-refractivity contribution in [1.29, 1.82) is 0 Å². The third-order valence-electron chi connectivity index (χ3n) is 6.01. The number of allylic oxidation sites excluding steroid dienone is 1. The molecule has 1 fully saturated rings. The van der Waals surface area contributed by atoms with Gasteiger partial charge in [0.25, 0.3) is 0 Å². The van der Waals surface area contributed by atoms with Crippen molar-refractivity contribution in [2.24, 2.45) is 0 Å². The summed E-state index contributed by atoms with van der Waals surface area (Å²) in [5.74, 6) is 1.91. The molecule has 8 nitrogen and oxygen atoms in total. The predicted octanol–water partition coefficient (Wildman–Crippen LogP) is 6.50. The van der Waals surface area contributed by atoms with Gasteiger partial charge in [-0.1, -0.05) is 18.1 Å². The molecule has 196 valence electrons. The number of rotatable bonds is 4. The lowest BCUT2D eigenvalue weighted by Crippen LogP contribution is -2.41. The van der Waals surface area contributed by atoms with Crippen LogP contribution in [0.25, 0.3) is 10.9 Å². The van der Waals surface area contributed by atoms with E-state index in [0.717, 1.165) is 5.56 Å². The van der Waals surface area contributed by atoms with E-state index in [2.05, 4.69) is 5.32 Å². The monoisotopic (exact) mass is 498 g/mol. The maximum atomic E-state index is 12.9. The molecule has 1 aromatic heterocycles. The molecule has 0 bridgehead atoms. The van der Waals surface area contributed by atoms with Crippen LogP contribution in [0, 0.1) is 0 Å². The van der Waals surface area contributed by atoms with E-state index in [1.165, 1.54) is 4.57 Å². The second-order valence-corrected chi connectivity index (χ2v) is 12.1. The molecule has 0 atom stereocenters. The predicted molar refractivity (Wildman–Crippen MR) is 142 cm³/mol. The van der Waals surface area contributed by atoms with Gasteiger partial charge in [0.1, 0.15) is 11.2 Å². The third-order valence-corrected chi connectivity index (χ3v) is 6.01. The fourth-order valence-corrected chi connectivity index (χ4v) is 3.66. The molecular formula is C27H39BN2O6. The SMILES string of the molecule is CC(C)(C)OC(=O)Nc1cn(C(=O)OC(C)(C)C)c2ccc(CC=CB3OC(C)(C)C(C)(C)O3)cc12. The highest BCUT2D eigenvalue weighted by molar-refractivity contribution is 6.51. The highest BCUT2D eigenvalue weighted by Crippen LogP contribution is 2.37. The molecule has 0 saturated carbocycles. The molecule has 0 spiro atoms. The van der Waals surface area contributed by atoms with E-state index in [1.807, 2.05) is 57.9 Å². The largest absolute Gasteiger partial charge is 0.486 e. The van der Waals surface area contributed by atoms with Gasteiger partial charge in [0.05, 0.1) is 22.4 Å². The zero-order valence-electron chi connectivity index (χ0n) is 23.1. The quantitative estimate of drug-likeness (QED) is 0.484. The summed E-state index contributed by atoms with van der Waals surface area (Å²) >= 11 is 0. The Labute approximate surface area is 214 Å². The molecule has 1 saturated heterocycles. The van der Waals surface area contributed by atoms with Crippen LogP contribution in [0.1, 0.15) is 74.8 Å². The minimum absolute atomic E-state index is 0.395. The molecule has 1 amide bonds. The maximum Gasteiger partial charge on any atom is 0.486 e. The van der Waals surface area contributed by atoms with E-state index >= 15 is 0 Å². The Kier molecular flexibility index (Phi) is 7.41. The number of nitrogens with one attached hydrogen (secondary N) is 1. The van der Waals surface area contributed by atoms with E-state index in [0.29, 0.717) is 23.0 Å². The summed E-state index contributed by atoms with van der Waals surface area (Å²) in [4.78, 5) is 25.4. The van der Waals surface area contributed by atoms with Gasteiger partial charge in [-0.15, -0.1) is 0 Å². The summed E-state index contributed by atoms with van der Waals surface area (Å²) in [5, 5.41) is 3.48. The molecule has 1 aromatic carbocycles. The van der Waals surface area contributed by atoms with Gasteiger partial charge >= 0.3 is 19.3 Å². The first kappa shape index (κ1) is 27.8. The van der Waals surface area contributed by atoms with Crippen LogP contribution in [-0.4, -0.2) is 46.3 Å². The maximum absolute atomic E-state index is 12.9. The number of carbonyl (C=O) groups excluding carboxylic acids is 2. The highest BCUT2D eigenvalue weighted by atomic mass is 16.7. The fourth-order valence-electron chi connectivity index (χ4n) is 3.66. The smallest absolute Gasteiger partial charge is 0.444 e. The number of carbonyl (C=O) groups is 2. The molecule has 1 aliphatic heterocycles. The van der Waals surface area contributed by atoms with Gasteiger partial charge < -0.3 is 18.8 Å². The van der Waals surface area contributed by atoms with Crippen molar-refractivity contribution in [3.8, 4) is 0 Å². The molecule has 2 heterocycles. The second kappa shape index (κ2) is 9.59. The molecular weight excluding hydrogens is 459 g/mol. The minimum atomic E-state index is -0.662. The normalized spacial score (nSPS) is 17.6. The summed E-state index contributed by atoms with van der Waals surface area (Å²) < 4.78 is 24.4. The van der Waals surface area contributed by atoms with Crippen molar-refractivity contribution in [3.05, 3.63) is 42.0 Å². The van der Waals surface area contributed by atoms with Crippen molar-refractivity contribution >= 4 is 35.9 Å². The molecule has 1 N–H and O–H groups in total. The van der Waals surface area contributed by atoms with Crippen LogP contribution in [-0.2, 0) is 25.2 Å². The van der Waals surface area contributed by atoms with Crippen LogP contribution in [0.15, 0.2) is 36.4 Å². The summed E-state index contributed by atoms with van der Waals surface area (Å²) in [5.41, 5.74) is -0.0382. The van der Waals surface area contributed by atoms with Crippen molar-refractivity contribution in [2.75, 3.05) is 5.32 Å². The summed E-state index contributed by atoms with van der Waals surface area (Å²) in [7, 11) is -0.420. The minimum Gasteiger partial charge on any atom is -0.444 e. The van der Waals surface area contributed by atoms with E-state index in [-0.39, 0.29) is 0 Å². The molecule has 0 aliphatic carbocycles. The van der Waals surface area contributed by atoms with Crippen LogP contribution in [0.4, 0.5) is 15.3 Å². The summed E-state index contributed by atoms with van der Waals surface area (Å²) in [6.07, 6.45) is 3.04. The van der Waals surface area contributed by atoms with Crippen molar-refractivity contribution in [1.82, 2.24) is 4.57 Å². The van der Waals surface area contributed by atoms with Crippen molar-refractivity contribution in [2.45, 2.75) is 98.1 Å². The lowest BCUT2D eigenvalue weighted by Gasteiger charge is -2.32. The first-order valence-electron chi connectivity index (χ1n) is 12.3. The van der Waals surface area contributed by atoms with Crippen molar-refractivity contribution < 1.29 is 28.4 Å². The number of amides is 1. The molecule has 1 aliphatic rings. The number of benzene rings is 1. The third kappa shape index (κ3) is 6.71. The Hall–Kier alpha value is -2.78. The molecule has 9 heteroatoms. The van der Waals surface area contributed by atoms with Crippen LogP contribution in [0.3, 0.4) is 0 Å². The van der Waals surface area contributed by atoms with E-state index in [4.69, 9.17) is 18.8 Å². The Morgan fingerprint density at radius 3 is 2.14 bits per heavy atom. The number of fused-ring (bicyclic) bond motifs is 1. The molecule has 0 unspecified atom stereocenters. The molecule has 2 aromatic rings. The number of nitrogens with zero attached hydrogens (tertiary/aromatic N) is 1. The highest BCUT2D eigenvalue weighted by Gasteiger charge is 2.49. The van der Waals surface area contributed by atoms with Gasteiger partial charge in [-0.05, 0) is 93.4 Å². The van der Waals surface area contributed by atoms with Crippen LogP contribution < -0.4 is 5.32 Å². The van der Waals surface area contributed by atoms with Gasteiger partial charge in [0, 0.05) is 11.6 Å². The van der Waals surface area contributed by atoms with Gasteiger partial charge in [0.15, 0.2) is 0 Å². The number of hydrogen-bond donors (Lipinski definition) is 1. The molecule has 36 heavy (non-hydrogen) atoms. The standard InChI is InChI=1S/C27H39BN2O6/c1-24(2,3)33-22(31)29-20-17-30(23(32)34-25(4,5)6)21-14-13-18(16-19(20)21)12-11-15-28-35-26(7,8)27(9,10)36-28/h11,13-17H,12H2,1-10H3,(H,29,31). The summed E-state index contributed by atoms with van der Waals surface area (Å²) in [6, 6.07) is 5.73. The Balaban J connectivity index is 1.87. The van der Waals surface area contributed by atoms with Gasteiger partial charge in [0.2, 0.25) is 0 Å². The first-order chi connectivity index (χ1) is 16.4. The number of aromatic nitrogens is 1. The Morgan fingerprint density at radius 1 is 1.00 bits per heavy atom. The van der Waals surface area contributed by atoms with Gasteiger partial charge in [-0.25, -0.2) is 9.59 Å². The zero-order valence-corrected chi connectivity index (χ0v) is 23.1. The van der Waals surface area contributed by atoms with E-state index < -0.39 is 41.7 Å². The second-order valence-electron chi connectivity index (χ2n) is 12.1. The van der Waals surface area contributed by atoms with E-state index in [9.17, 15) is 9.59 Å². The average Bonchev–Trinajstić information content (AvgIpc) is 3.12. The Bertz CT molecular complexity index is 1150. The van der Waals surface area contributed by atoms with Gasteiger partial charge in [-0.3, -0.25) is 9.88 Å². The lowest BCUT2D eigenvalue weighted by molar-refractivity contribution is 0.00578. The number of ether oxygens (including phenoxy) is 2. The average molecular weight is 498 g/mol.